The van der Waals surface area contributed by atoms with E-state index in [1.165, 1.54) is 44.2 Å². The number of fused-ring (bicyclic) bond motifs is 1. The molecule has 7 rings (SSSR count). The molecule has 1 heteroatoms. The van der Waals surface area contributed by atoms with Crippen LogP contribution >= 0.6 is 0 Å². The monoisotopic (exact) mass is 523 g/mol. The zero-order chi connectivity index (χ0) is 27.4. The van der Waals surface area contributed by atoms with E-state index in [1.54, 1.807) is 0 Å². The Morgan fingerprint density at radius 2 is 0.805 bits per heavy atom. The standard InChI is InChI=1S/C40H29N/c1-5-16-30(17-6-1)33-22-15-25-35(28-33)41(34-23-11-4-12-24-34)39-29-38(31-18-7-2-8-19-31)36-26-13-14-27-37(36)40(39)32-20-9-3-10-21-32/h1-29H. The van der Waals surface area contributed by atoms with Crippen LogP contribution in [0.5, 0.6) is 0 Å². The van der Waals surface area contributed by atoms with Crippen molar-refractivity contribution in [3.05, 3.63) is 176 Å². The molecule has 0 unspecified atom stereocenters. The molecule has 7 aromatic rings. The van der Waals surface area contributed by atoms with Crippen molar-refractivity contribution in [2.45, 2.75) is 0 Å². The number of benzene rings is 7. The summed E-state index contributed by atoms with van der Waals surface area (Å²) in [6.07, 6.45) is 0. The minimum atomic E-state index is 1.11. The van der Waals surface area contributed by atoms with Crippen molar-refractivity contribution in [2.24, 2.45) is 0 Å². The van der Waals surface area contributed by atoms with E-state index in [9.17, 15) is 0 Å². The lowest BCUT2D eigenvalue weighted by molar-refractivity contribution is 1.29. The molecule has 194 valence electrons. The summed E-state index contributed by atoms with van der Waals surface area (Å²) in [5.74, 6) is 0. The predicted molar refractivity (Wildman–Crippen MR) is 175 cm³/mol. The summed E-state index contributed by atoms with van der Waals surface area (Å²) in [7, 11) is 0. The summed E-state index contributed by atoms with van der Waals surface area (Å²) in [4.78, 5) is 2.41. The highest BCUT2D eigenvalue weighted by Crippen LogP contribution is 2.47. The normalized spacial score (nSPS) is 10.9. The summed E-state index contributed by atoms with van der Waals surface area (Å²) in [6, 6.07) is 62.8. The molecule has 1 nitrogen and oxygen atoms in total. The van der Waals surface area contributed by atoms with Crippen LogP contribution in [-0.2, 0) is 0 Å². The maximum atomic E-state index is 2.41. The van der Waals surface area contributed by atoms with Gasteiger partial charge in [-0.1, -0.05) is 146 Å². The fourth-order valence-electron chi connectivity index (χ4n) is 5.76. The first-order chi connectivity index (χ1) is 20.4. The van der Waals surface area contributed by atoms with Crippen molar-refractivity contribution < 1.29 is 0 Å². The molecule has 0 saturated carbocycles. The minimum absolute atomic E-state index is 1.11. The second-order valence-corrected chi connectivity index (χ2v) is 10.2. The lowest BCUT2D eigenvalue weighted by Gasteiger charge is -2.30. The smallest absolute Gasteiger partial charge is 0.0552 e. The third-order valence-corrected chi connectivity index (χ3v) is 7.64. The minimum Gasteiger partial charge on any atom is -0.310 e. The zero-order valence-corrected chi connectivity index (χ0v) is 22.7. The lowest BCUT2D eigenvalue weighted by Crippen LogP contribution is -2.12. The molecule has 0 N–H and O–H groups in total. The van der Waals surface area contributed by atoms with Gasteiger partial charge in [0.05, 0.1) is 5.69 Å². The van der Waals surface area contributed by atoms with Gasteiger partial charge in [-0.2, -0.15) is 0 Å². The molecule has 0 spiro atoms. The first kappa shape index (κ1) is 24.6. The van der Waals surface area contributed by atoms with Crippen LogP contribution in [0.15, 0.2) is 176 Å². The van der Waals surface area contributed by atoms with E-state index in [4.69, 9.17) is 0 Å². The number of anilines is 3. The van der Waals surface area contributed by atoms with Gasteiger partial charge in [-0.05, 0) is 68.9 Å². The van der Waals surface area contributed by atoms with Gasteiger partial charge in [-0.25, -0.2) is 0 Å². The number of hydrogen-bond acceptors (Lipinski definition) is 1. The molecule has 0 aliphatic heterocycles. The highest BCUT2D eigenvalue weighted by atomic mass is 15.1. The number of hydrogen-bond donors (Lipinski definition) is 0. The van der Waals surface area contributed by atoms with Crippen molar-refractivity contribution in [3.63, 3.8) is 0 Å². The molecule has 41 heavy (non-hydrogen) atoms. The molecule has 7 aromatic carbocycles. The molecule has 0 amide bonds. The van der Waals surface area contributed by atoms with Gasteiger partial charge >= 0.3 is 0 Å². The molecule has 0 bridgehead atoms. The average Bonchev–Trinajstić information content (AvgIpc) is 3.06. The summed E-state index contributed by atoms with van der Waals surface area (Å²) >= 11 is 0. The quantitative estimate of drug-likeness (QED) is 0.209. The van der Waals surface area contributed by atoms with Gasteiger partial charge in [0, 0.05) is 16.9 Å². The Bertz CT molecular complexity index is 1910. The molecule has 0 atom stereocenters. The van der Waals surface area contributed by atoms with Crippen molar-refractivity contribution in [2.75, 3.05) is 4.90 Å². The highest BCUT2D eigenvalue weighted by molar-refractivity contribution is 6.11. The molecule has 0 aliphatic rings. The van der Waals surface area contributed by atoms with Crippen LogP contribution in [0.4, 0.5) is 17.1 Å². The van der Waals surface area contributed by atoms with Crippen LogP contribution in [0.1, 0.15) is 0 Å². The third-order valence-electron chi connectivity index (χ3n) is 7.64. The van der Waals surface area contributed by atoms with E-state index in [0.717, 1.165) is 17.1 Å². The molecule has 0 radical (unpaired) electrons. The van der Waals surface area contributed by atoms with Crippen molar-refractivity contribution in [1.82, 2.24) is 0 Å². The third kappa shape index (κ3) is 4.79. The largest absolute Gasteiger partial charge is 0.310 e. The molecule has 0 heterocycles. The fourth-order valence-corrected chi connectivity index (χ4v) is 5.76. The maximum Gasteiger partial charge on any atom is 0.0552 e. The molecule has 0 fully saturated rings. The fraction of sp³-hybridized carbons (Fsp3) is 0. The summed E-state index contributed by atoms with van der Waals surface area (Å²) in [6.45, 7) is 0. The highest BCUT2D eigenvalue weighted by Gasteiger charge is 2.22. The summed E-state index contributed by atoms with van der Waals surface area (Å²) in [5.41, 5.74) is 10.6. The number of para-hydroxylation sites is 1. The van der Waals surface area contributed by atoms with Gasteiger partial charge in [0.25, 0.3) is 0 Å². The second-order valence-electron chi connectivity index (χ2n) is 10.2. The van der Waals surface area contributed by atoms with Crippen molar-refractivity contribution in [1.29, 1.82) is 0 Å². The summed E-state index contributed by atoms with van der Waals surface area (Å²) < 4.78 is 0. The lowest BCUT2D eigenvalue weighted by atomic mass is 9.89. The van der Waals surface area contributed by atoms with Crippen LogP contribution in [0.3, 0.4) is 0 Å². The van der Waals surface area contributed by atoms with Gasteiger partial charge in [0.1, 0.15) is 0 Å². The molecular weight excluding hydrogens is 494 g/mol. The van der Waals surface area contributed by atoms with E-state index in [2.05, 4.69) is 181 Å². The Balaban J connectivity index is 1.57. The molecular formula is C40H29N. The first-order valence-electron chi connectivity index (χ1n) is 14.0. The van der Waals surface area contributed by atoms with Gasteiger partial charge in [0.15, 0.2) is 0 Å². The van der Waals surface area contributed by atoms with Gasteiger partial charge in [-0.15, -0.1) is 0 Å². The Labute approximate surface area is 241 Å². The molecule has 0 aromatic heterocycles. The van der Waals surface area contributed by atoms with Crippen LogP contribution in [0.25, 0.3) is 44.2 Å². The molecule has 0 saturated heterocycles. The van der Waals surface area contributed by atoms with E-state index in [0.29, 0.717) is 0 Å². The predicted octanol–water partition coefficient (Wildman–Crippen LogP) is 11.3. The second kappa shape index (κ2) is 11.0. The topological polar surface area (TPSA) is 3.24 Å². The van der Waals surface area contributed by atoms with E-state index < -0.39 is 0 Å². The van der Waals surface area contributed by atoms with Gasteiger partial charge < -0.3 is 4.90 Å². The van der Waals surface area contributed by atoms with Crippen LogP contribution in [-0.4, -0.2) is 0 Å². The molecule has 0 aliphatic carbocycles. The van der Waals surface area contributed by atoms with Crippen molar-refractivity contribution in [3.8, 4) is 33.4 Å². The SMILES string of the molecule is c1ccc(-c2cccc(N(c3ccccc3)c3cc(-c4ccccc4)c4ccccc4c3-c3ccccc3)c2)cc1. The van der Waals surface area contributed by atoms with E-state index in [-0.39, 0.29) is 0 Å². The van der Waals surface area contributed by atoms with Crippen LogP contribution < -0.4 is 4.90 Å². The first-order valence-corrected chi connectivity index (χ1v) is 14.0. The van der Waals surface area contributed by atoms with Gasteiger partial charge in [-0.3, -0.25) is 0 Å². The van der Waals surface area contributed by atoms with E-state index in [1.807, 2.05) is 0 Å². The van der Waals surface area contributed by atoms with Gasteiger partial charge in [0.2, 0.25) is 0 Å². The Hall–Kier alpha value is -5.40. The van der Waals surface area contributed by atoms with Crippen LogP contribution in [0.2, 0.25) is 0 Å². The average molecular weight is 524 g/mol. The maximum absolute atomic E-state index is 2.41. The Kier molecular flexibility index (Phi) is 6.61. The Morgan fingerprint density at radius 1 is 0.317 bits per heavy atom. The van der Waals surface area contributed by atoms with E-state index >= 15 is 0 Å². The van der Waals surface area contributed by atoms with Crippen LogP contribution in [0, 0.1) is 0 Å². The number of rotatable bonds is 6. The van der Waals surface area contributed by atoms with Crippen molar-refractivity contribution >= 4 is 27.8 Å². The zero-order valence-electron chi connectivity index (χ0n) is 22.7. The summed E-state index contributed by atoms with van der Waals surface area (Å²) in [5, 5.41) is 2.47. The Morgan fingerprint density at radius 3 is 1.46 bits per heavy atom. The number of nitrogens with zero attached hydrogens (tertiary/aromatic N) is 1.